The molecular weight excluding hydrogens is 345 g/mol. The molecule has 0 spiro atoms. The zero-order valence-corrected chi connectivity index (χ0v) is 12.9. The molecule has 0 aliphatic rings. The maximum Gasteiger partial charge on any atom is 0.411 e. The second-order valence-electron chi connectivity index (χ2n) is 5.27. The second-order valence-corrected chi connectivity index (χ2v) is 5.27. The first-order valence-electron chi connectivity index (χ1n) is 7.19. The Balaban J connectivity index is 1.85. The van der Waals surface area contributed by atoms with Crippen LogP contribution in [0, 0.1) is 11.6 Å². The third-order valence-electron chi connectivity index (χ3n) is 3.14. The number of carbonyl (C=O) groups is 1. The SMILES string of the molecule is O=C(NCc1ccc(COCC(F)(F)F)cc1)c1cc(F)cc(F)c1. The monoisotopic (exact) mass is 359 g/mol. The molecule has 0 atom stereocenters. The standard InChI is InChI=1S/C17H14F5NO2/c18-14-5-13(6-15(19)7-14)16(24)23-8-11-1-3-12(4-2-11)9-25-10-17(20,21)22/h1-7H,8-10H2,(H,23,24). The highest BCUT2D eigenvalue weighted by Crippen LogP contribution is 2.16. The Morgan fingerprint density at radius 2 is 1.52 bits per heavy atom. The molecule has 0 saturated heterocycles. The van der Waals surface area contributed by atoms with Gasteiger partial charge in [0.15, 0.2) is 0 Å². The quantitative estimate of drug-likeness (QED) is 0.793. The lowest BCUT2D eigenvalue weighted by molar-refractivity contribution is -0.176. The van der Waals surface area contributed by atoms with E-state index in [1.54, 1.807) is 24.3 Å². The fraction of sp³-hybridized carbons (Fsp3) is 0.235. The van der Waals surface area contributed by atoms with Crippen LogP contribution in [0.1, 0.15) is 21.5 Å². The van der Waals surface area contributed by atoms with Crippen molar-refractivity contribution in [3.63, 3.8) is 0 Å². The second kappa shape index (κ2) is 8.06. The van der Waals surface area contributed by atoms with Crippen LogP contribution < -0.4 is 5.32 Å². The number of hydrogen-bond donors (Lipinski definition) is 1. The van der Waals surface area contributed by atoms with Crippen LogP contribution in [0.2, 0.25) is 0 Å². The Labute approximate surface area is 140 Å². The number of carbonyl (C=O) groups excluding carboxylic acids is 1. The number of ether oxygens (including phenoxy) is 1. The Morgan fingerprint density at radius 1 is 0.960 bits per heavy atom. The van der Waals surface area contributed by atoms with Crippen molar-refractivity contribution in [3.05, 3.63) is 70.8 Å². The maximum absolute atomic E-state index is 13.1. The molecule has 0 unspecified atom stereocenters. The average Bonchev–Trinajstić information content (AvgIpc) is 2.51. The lowest BCUT2D eigenvalue weighted by Gasteiger charge is -2.09. The van der Waals surface area contributed by atoms with Gasteiger partial charge in [-0.15, -0.1) is 0 Å². The van der Waals surface area contributed by atoms with Gasteiger partial charge in [-0.3, -0.25) is 4.79 Å². The van der Waals surface area contributed by atoms with Gasteiger partial charge >= 0.3 is 6.18 Å². The van der Waals surface area contributed by atoms with Gasteiger partial charge in [-0.25, -0.2) is 8.78 Å². The van der Waals surface area contributed by atoms with Crippen LogP contribution >= 0.6 is 0 Å². The van der Waals surface area contributed by atoms with E-state index in [1.807, 2.05) is 0 Å². The van der Waals surface area contributed by atoms with Crippen LogP contribution in [0.25, 0.3) is 0 Å². The molecule has 0 aromatic heterocycles. The summed E-state index contributed by atoms with van der Waals surface area (Å²) in [7, 11) is 0. The molecule has 0 radical (unpaired) electrons. The summed E-state index contributed by atoms with van der Waals surface area (Å²) in [6.07, 6.45) is -4.37. The summed E-state index contributed by atoms with van der Waals surface area (Å²) in [5.41, 5.74) is 1.07. The van der Waals surface area contributed by atoms with Crippen molar-refractivity contribution in [1.82, 2.24) is 5.32 Å². The van der Waals surface area contributed by atoms with Crippen molar-refractivity contribution in [2.45, 2.75) is 19.3 Å². The molecule has 0 aliphatic carbocycles. The third kappa shape index (κ3) is 6.50. The van der Waals surface area contributed by atoms with Gasteiger partial charge in [-0.05, 0) is 23.3 Å². The van der Waals surface area contributed by atoms with Crippen LogP contribution in [0.15, 0.2) is 42.5 Å². The molecule has 134 valence electrons. The Hall–Kier alpha value is -2.48. The van der Waals surface area contributed by atoms with E-state index >= 15 is 0 Å². The molecule has 0 bridgehead atoms. The normalized spacial score (nSPS) is 11.4. The summed E-state index contributed by atoms with van der Waals surface area (Å²) < 4.78 is 66.6. The summed E-state index contributed by atoms with van der Waals surface area (Å²) in [5.74, 6) is -2.35. The molecule has 1 amide bonds. The summed E-state index contributed by atoms with van der Waals surface area (Å²) in [5, 5.41) is 2.50. The van der Waals surface area contributed by atoms with E-state index in [1.165, 1.54) is 0 Å². The minimum atomic E-state index is -4.37. The highest BCUT2D eigenvalue weighted by atomic mass is 19.4. The first kappa shape index (κ1) is 18.9. The first-order valence-corrected chi connectivity index (χ1v) is 7.19. The predicted octanol–water partition coefficient (Wildman–Crippen LogP) is 3.97. The van der Waals surface area contributed by atoms with Crippen LogP contribution in [0.5, 0.6) is 0 Å². The molecule has 0 aliphatic heterocycles. The van der Waals surface area contributed by atoms with Gasteiger partial charge in [-0.2, -0.15) is 13.2 Å². The lowest BCUT2D eigenvalue weighted by Crippen LogP contribution is -2.23. The van der Waals surface area contributed by atoms with E-state index in [0.29, 0.717) is 17.2 Å². The molecule has 8 heteroatoms. The zero-order chi connectivity index (χ0) is 18.4. The summed E-state index contributed by atoms with van der Waals surface area (Å²) >= 11 is 0. The number of benzene rings is 2. The summed E-state index contributed by atoms with van der Waals surface area (Å²) in [6.45, 7) is -1.41. The van der Waals surface area contributed by atoms with Gasteiger partial charge < -0.3 is 10.1 Å². The molecule has 0 fully saturated rings. The van der Waals surface area contributed by atoms with E-state index < -0.39 is 30.3 Å². The van der Waals surface area contributed by atoms with Gasteiger partial charge in [0, 0.05) is 18.2 Å². The number of rotatable bonds is 6. The van der Waals surface area contributed by atoms with Crippen LogP contribution in [-0.2, 0) is 17.9 Å². The fourth-order valence-corrected chi connectivity index (χ4v) is 2.01. The predicted molar refractivity (Wildman–Crippen MR) is 79.7 cm³/mol. The zero-order valence-electron chi connectivity index (χ0n) is 12.9. The number of hydrogen-bond acceptors (Lipinski definition) is 2. The molecule has 2 aromatic carbocycles. The molecule has 3 nitrogen and oxygen atoms in total. The molecule has 0 heterocycles. The van der Waals surface area contributed by atoms with Crippen molar-refractivity contribution in [1.29, 1.82) is 0 Å². The molecule has 1 N–H and O–H groups in total. The first-order chi connectivity index (χ1) is 11.7. The number of nitrogens with one attached hydrogen (secondary N) is 1. The fourth-order valence-electron chi connectivity index (χ4n) is 2.01. The maximum atomic E-state index is 13.1. The number of halogens is 5. The van der Waals surface area contributed by atoms with Crippen molar-refractivity contribution in [2.75, 3.05) is 6.61 Å². The van der Waals surface area contributed by atoms with E-state index in [4.69, 9.17) is 0 Å². The minimum absolute atomic E-state index is 0.0979. The van der Waals surface area contributed by atoms with Crippen LogP contribution in [0.3, 0.4) is 0 Å². The number of amides is 1. The van der Waals surface area contributed by atoms with E-state index in [2.05, 4.69) is 10.1 Å². The molecular formula is C17H14F5NO2. The molecule has 2 rings (SSSR count). The average molecular weight is 359 g/mol. The van der Waals surface area contributed by atoms with Gasteiger partial charge in [0.05, 0.1) is 6.61 Å². The van der Waals surface area contributed by atoms with E-state index in [0.717, 1.165) is 12.1 Å². The van der Waals surface area contributed by atoms with Crippen LogP contribution in [0.4, 0.5) is 22.0 Å². The van der Waals surface area contributed by atoms with Crippen molar-refractivity contribution in [3.8, 4) is 0 Å². The Kier molecular flexibility index (Phi) is 6.08. The minimum Gasteiger partial charge on any atom is -0.367 e. The van der Waals surface area contributed by atoms with E-state index in [9.17, 15) is 26.7 Å². The van der Waals surface area contributed by atoms with Crippen molar-refractivity contribution in [2.24, 2.45) is 0 Å². The largest absolute Gasteiger partial charge is 0.411 e. The van der Waals surface area contributed by atoms with Gasteiger partial charge in [0.25, 0.3) is 5.91 Å². The third-order valence-corrected chi connectivity index (χ3v) is 3.14. The summed E-state index contributed by atoms with van der Waals surface area (Å²) in [4.78, 5) is 11.9. The highest BCUT2D eigenvalue weighted by molar-refractivity contribution is 5.94. The number of alkyl halides is 3. The summed E-state index contributed by atoms with van der Waals surface area (Å²) in [6, 6.07) is 8.85. The molecule has 2 aromatic rings. The van der Waals surface area contributed by atoms with E-state index in [-0.39, 0.29) is 18.7 Å². The van der Waals surface area contributed by atoms with Gasteiger partial charge in [-0.1, -0.05) is 24.3 Å². The smallest absolute Gasteiger partial charge is 0.367 e. The molecule has 0 saturated carbocycles. The topological polar surface area (TPSA) is 38.3 Å². The lowest BCUT2D eigenvalue weighted by atomic mass is 10.1. The van der Waals surface area contributed by atoms with Crippen LogP contribution in [-0.4, -0.2) is 18.7 Å². The van der Waals surface area contributed by atoms with Gasteiger partial charge in [0.2, 0.25) is 0 Å². The molecule has 25 heavy (non-hydrogen) atoms. The Morgan fingerprint density at radius 3 is 2.08 bits per heavy atom. The van der Waals surface area contributed by atoms with Crippen molar-refractivity contribution >= 4 is 5.91 Å². The van der Waals surface area contributed by atoms with Gasteiger partial charge in [0.1, 0.15) is 18.2 Å². The van der Waals surface area contributed by atoms with Crippen molar-refractivity contribution < 1.29 is 31.5 Å². The Bertz CT molecular complexity index is 709. The highest BCUT2D eigenvalue weighted by Gasteiger charge is 2.27.